The molecule has 4 aliphatic heterocycles. The van der Waals surface area contributed by atoms with Crippen LogP contribution in [0.5, 0.6) is 11.5 Å². The van der Waals surface area contributed by atoms with Gasteiger partial charge in [0.2, 0.25) is 11.3 Å². The normalized spacial score (nSPS) is 19.9. The van der Waals surface area contributed by atoms with Crippen LogP contribution in [-0.2, 0) is 4.79 Å². The third-order valence-corrected chi connectivity index (χ3v) is 12.6. The fourth-order valence-corrected chi connectivity index (χ4v) is 9.27. The fourth-order valence-electron chi connectivity index (χ4n) is 9.27. The van der Waals surface area contributed by atoms with Gasteiger partial charge in [0.25, 0.3) is 5.91 Å². The molecule has 0 spiro atoms. The summed E-state index contributed by atoms with van der Waals surface area (Å²) >= 11 is 0. The van der Waals surface area contributed by atoms with Crippen molar-refractivity contribution in [2.75, 3.05) is 91.0 Å². The number of piperazine rings is 1. The number of para-hydroxylation sites is 1. The molecule has 9 rings (SSSR count). The highest BCUT2D eigenvalue weighted by Crippen LogP contribution is 2.49. The summed E-state index contributed by atoms with van der Waals surface area (Å²) in [4.78, 5) is 49.8. The van der Waals surface area contributed by atoms with Crippen LogP contribution in [0, 0.1) is 5.82 Å². The van der Waals surface area contributed by atoms with Gasteiger partial charge in [0.15, 0.2) is 17.3 Å². The third-order valence-electron chi connectivity index (χ3n) is 12.6. The molecule has 3 fully saturated rings. The summed E-state index contributed by atoms with van der Waals surface area (Å²) < 4.78 is 31.2. The molecule has 2 atom stereocenters. The number of furan rings is 1. The molecule has 58 heavy (non-hydrogen) atoms. The Morgan fingerprint density at radius 2 is 1.76 bits per heavy atom. The van der Waals surface area contributed by atoms with Gasteiger partial charge in [0.1, 0.15) is 27.9 Å². The number of carbonyl (C=O) groups excluding carboxylic acids is 2. The van der Waals surface area contributed by atoms with Crippen molar-refractivity contribution in [3.8, 4) is 17.2 Å². The van der Waals surface area contributed by atoms with E-state index >= 15 is 4.39 Å². The highest BCUT2D eigenvalue weighted by molar-refractivity contribution is 6.07. The molecule has 14 heteroatoms. The van der Waals surface area contributed by atoms with Crippen LogP contribution in [0.2, 0.25) is 0 Å². The van der Waals surface area contributed by atoms with E-state index in [0.717, 1.165) is 69.4 Å². The first kappa shape index (κ1) is 38.5. The number of rotatable bonds is 13. The Labute approximate surface area is 337 Å². The van der Waals surface area contributed by atoms with Crippen molar-refractivity contribution in [3.63, 3.8) is 0 Å². The average Bonchev–Trinajstić information content (AvgIpc) is 3.95. The van der Waals surface area contributed by atoms with Crippen molar-refractivity contribution in [2.45, 2.75) is 50.6 Å². The standard InChI is InChI=1S/C44H53FN8O5/c1-49-19-21-51(22-20-49)17-6-13-47-44(56)33-27-53-35-25-37-31(30-8-3-4-9-36(30)57-37)24-38(35)58-43-40(53)32(42(33)55)23-34(45)41(43)52-18-12-28(26-52)48-39(54)11-15-46-14-10-29-7-5-16-50(29)2/h3-4,8-9,23-25,27-29,46H,5-7,10-22,26H2,1-2H3,(H,47,56)(H,48,54)/t28-,29?/m1/s1. The van der Waals surface area contributed by atoms with Crippen LogP contribution in [0.3, 0.4) is 0 Å². The lowest BCUT2D eigenvalue weighted by Gasteiger charge is -2.32. The summed E-state index contributed by atoms with van der Waals surface area (Å²) in [6.07, 6.45) is 6.83. The van der Waals surface area contributed by atoms with Crippen LogP contribution in [0.4, 0.5) is 10.1 Å². The molecule has 0 bridgehead atoms. The largest absolute Gasteiger partial charge is 0.456 e. The zero-order valence-electron chi connectivity index (χ0n) is 33.4. The minimum absolute atomic E-state index is 0.0434. The molecular weight excluding hydrogens is 740 g/mol. The van der Waals surface area contributed by atoms with E-state index in [4.69, 9.17) is 9.15 Å². The lowest BCUT2D eigenvalue weighted by atomic mass is 10.0. The Hall–Kier alpha value is -5.02. The van der Waals surface area contributed by atoms with Crippen LogP contribution < -0.4 is 31.0 Å². The Morgan fingerprint density at radius 3 is 2.59 bits per heavy atom. The molecule has 0 aliphatic carbocycles. The van der Waals surface area contributed by atoms with E-state index < -0.39 is 17.2 Å². The van der Waals surface area contributed by atoms with E-state index in [1.807, 2.05) is 41.3 Å². The molecule has 3 aromatic carbocycles. The molecule has 3 N–H and O–H groups in total. The summed E-state index contributed by atoms with van der Waals surface area (Å²) in [6.45, 7) is 8.74. The van der Waals surface area contributed by atoms with Gasteiger partial charge in [-0.15, -0.1) is 0 Å². The number of anilines is 1. The minimum atomic E-state index is -0.627. The summed E-state index contributed by atoms with van der Waals surface area (Å²) in [7, 11) is 4.29. The first-order valence-corrected chi connectivity index (χ1v) is 20.9. The third kappa shape index (κ3) is 7.54. The molecule has 0 radical (unpaired) electrons. The molecule has 13 nitrogen and oxygen atoms in total. The topological polar surface area (TPSA) is 128 Å². The van der Waals surface area contributed by atoms with Gasteiger partial charge in [0, 0.05) is 93.9 Å². The van der Waals surface area contributed by atoms with Crippen molar-refractivity contribution in [1.29, 1.82) is 0 Å². The van der Waals surface area contributed by atoms with E-state index in [-0.39, 0.29) is 34.3 Å². The van der Waals surface area contributed by atoms with Gasteiger partial charge in [0.05, 0.1) is 11.1 Å². The maximum atomic E-state index is 16.6. The van der Waals surface area contributed by atoms with E-state index in [1.54, 1.807) is 10.8 Å². The predicted molar refractivity (Wildman–Crippen MR) is 224 cm³/mol. The number of nitrogens with one attached hydrogen (secondary N) is 3. The first-order valence-electron chi connectivity index (χ1n) is 20.9. The monoisotopic (exact) mass is 792 g/mol. The number of hydrogen-bond donors (Lipinski definition) is 3. The molecule has 2 aromatic heterocycles. The SMILES string of the molecule is CN1CCN(CCCNC(=O)c2cn3c4c(c(N5CC[C@@H](NC(=O)CCNCCC6CCCN6C)C5)c(F)cc4c2=O)Oc2cc4c(cc2-3)oc2ccccc24)CC1. The Morgan fingerprint density at radius 1 is 0.914 bits per heavy atom. The Bertz CT molecular complexity index is 2420. The second-order valence-electron chi connectivity index (χ2n) is 16.5. The number of halogens is 1. The number of carbonyl (C=O) groups is 2. The number of hydrogen-bond acceptors (Lipinski definition) is 10. The number of fused-ring (bicyclic) bond motifs is 5. The van der Waals surface area contributed by atoms with Gasteiger partial charge >= 0.3 is 0 Å². The molecular formula is C44H53FN8O5. The lowest BCUT2D eigenvalue weighted by Crippen LogP contribution is -2.45. The number of aromatic nitrogens is 1. The second-order valence-corrected chi connectivity index (χ2v) is 16.5. The number of likely N-dealkylation sites (tertiary alicyclic amines) is 1. The predicted octanol–water partition coefficient (Wildman–Crippen LogP) is 4.66. The first-order chi connectivity index (χ1) is 28.2. The number of pyridine rings is 1. The van der Waals surface area contributed by atoms with Gasteiger partial charge in [-0.25, -0.2) is 4.39 Å². The van der Waals surface area contributed by atoms with Crippen molar-refractivity contribution >= 4 is 50.3 Å². The van der Waals surface area contributed by atoms with E-state index in [9.17, 15) is 14.4 Å². The van der Waals surface area contributed by atoms with Crippen LogP contribution >= 0.6 is 0 Å². The maximum absolute atomic E-state index is 16.6. The molecule has 306 valence electrons. The number of likely N-dealkylation sites (N-methyl/N-ethyl adjacent to an activating group) is 1. The van der Waals surface area contributed by atoms with Gasteiger partial charge in [-0.1, -0.05) is 18.2 Å². The highest BCUT2D eigenvalue weighted by atomic mass is 19.1. The van der Waals surface area contributed by atoms with Gasteiger partial charge in [-0.2, -0.15) is 0 Å². The quantitative estimate of drug-likeness (QED) is 0.142. The summed E-state index contributed by atoms with van der Waals surface area (Å²) in [5.41, 5.74) is 1.85. The molecule has 3 saturated heterocycles. The zero-order valence-corrected chi connectivity index (χ0v) is 33.4. The van der Waals surface area contributed by atoms with E-state index in [1.165, 1.54) is 18.9 Å². The average molecular weight is 793 g/mol. The van der Waals surface area contributed by atoms with Crippen LogP contribution in [0.1, 0.15) is 48.9 Å². The Kier molecular flexibility index (Phi) is 10.8. The number of nitrogens with zero attached hydrogens (tertiary/aromatic N) is 5. The van der Waals surface area contributed by atoms with Crippen LogP contribution in [0.25, 0.3) is 38.5 Å². The van der Waals surface area contributed by atoms with Gasteiger partial charge in [-0.3, -0.25) is 14.4 Å². The molecule has 5 aromatic rings. The highest BCUT2D eigenvalue weighted by Gasteiger charge is 2.34. The van der Waals surface area contributed by atoms with Crippen LogP contribution in [0.15, 0.2) is 57.9 Å². The van der Waals surface area contributed by atoms with Crippen molar-refractivity contribution in [2.24, 2.45) is 0 Å². The van der Waals surface area contributed by atoms with Crippen molar-refractivity contribution in [3.05, 3.63) is 70.3 Å². The van der Waals surface area contributed by atoms with Crippen LogP contribution in [-0.4, -0.2) is 129 Å². The van der Waals surface area contributed by atoms with Crippen molar-refractivity contribution in [1.82, 2.24) is 35.2 Å². The second kappa shape index (κ2) is 16.3. The van der Waals surface area contributed by atoms with Gasteiger partial charge in [-0.05, 0) is 84.0 Å². The number of amides is 2. The molecule has 6 heterocycles. The zero-order chi connectivity index (χ0) is 39.9. The van der Waals surface area contributed by atoms with Crippen molar-refractivity contribution < 1.29 is 23.1 Å². The lowest BCUT2D eigenvalue weighted by molar-refractivity contribution is -0.121. The minimum Gasteiger partial charge on any atom is -0.456 e. The Balaban J connectivity index is 0.971. The maximum Gasteiger partial charge on any atom is 0.256 e. The number of ether oxygens (including phenoxy) is 1. The molecule has 4 aliphatic rings. The van der Waals surface area contributed by atoms with Gasteiger partial charge < -0.3 is 49.3 Å². The molecule has 0 saturated carbocycles. The summed E-state index contributed by atoms with van der Waals surface area (Å²) in [6, 6.07) is 13.1. The summed E-state index contributed by atoms with van der Waals surface area (Å²) in [5.74, 6) is -0.530. The van der Waals surface area contributed by atoms with E-state index in [0.29, 0.717) is 73.2 Å². The number of benzene rings is 3. The summed E-state index contributed by atoms with van der Waals surface area (Å²) in [5, 5.41) is 11.3. The molecule has 1 unspecified atom stereocenters. The van der Waals surface area contributed by atoms with E-state index in [2.05, 4.69) is 44.7 Å². The smallest absolute Gasteiger partial charge is 0.256 e. The molecule has 2 amide bonds. The fraction of sp³-hybridized carbons (Fsp3) is 0.477.